The number of esters is 1. The number of rotatable bonds is 4. The summed E-state index contributed by atoms with van der Waals surface area (Å²) in [4.78, 5) is 11.5. The number of methoxy groups -OCH3 is 1. The van der Waals surface area contributed by atoms with Gasteiger partial charge in [-0.05, 0) is 36.5 Å². The van der Waals surface area contributed by atoms with Crippen LogP contribution in [0.4, 0.5) is 0 Å². The molecule has 1 saturated carbocycles. The molecule has 2 atom stereocenters. The molecule has 118 valence electrons. The van der Waals surface area contributed by atoms with Gasteiger partial charge in [-0.3, -0.25) is 0 Å². The van der Waals surface area contributed by atoms with E-state index in [1.807, 2.05) is 6.07 Å². The molecule has 1 aliphatic rings. The van der Waals surface area contributed by atoms with Crippen molar-refractivity contribution in [2.24, 2.45) is 11.7 Å². The van der Waals surface area contributed by atoms with E-state index in [0.717, 1.165) is 31.2 Å². The Morgan fingerprint density at radius 2 is 2.00 bits per heavy atom. The number of hydrogen-bond acceptors (Lipinski definition) is 4. The van der Waals surface area contributed by atoms with Crippen molar-refractivity contribution in [2.75, 3.05) is 7.11 Å². The molecule has 2 rings (SSSR count). The van der Waals surface area contributed by atoms with Crippen LogP contribution in [0.25, 0.3) is 0 Å². The lowest BCUT2D eigenvalue weighted by Crippen LogP contribution is -2.34. The second-order valence-electron chi connectivity index (χ2n) is 5.53. The van der Waals surface area contributed by atoms with Crippen molar-refractivity contribution >= 4 is 18.4 Å². The fraction of sp³-hybridized carbons (Fsp3) is 0.562. The van der Waals surface area contributed by atoms with Crippen LogP contribution in [-0.2, 0) is 4.74 Å². The third kappa shape index (κ3) is 4.43. The Kier molecular flexibility index (Phi) is 7.15. The predicted molar refractivity (Wildman–Crippen MR) is 84.5 cm³/mol. The minimum atomic E-state index is -0.553. The SMILES string of the molecule is COC(=O)c1cccc([C@@H](N)[C@@H](O)C2CCCCC2)c1.Cl. The molecule has 0 unspecified atom stereocenters. The number of nitrogens with two attached hydrogens (primary N) is 1. The van der Waals surface area contributed by atoms with Gasteiger partial charge in [0.1, 0.15) is 0 Å². The molecule has 3 N–H and O–H groups in total. The van der Waals surface area contributed by atoms with E-state index in [2.05, 4.69) is 0 Å². The van der Waals surface area contributed by atoms with E-state index in [0.29, 0.717) is 5.56 Å². The van der Waals surface area contributed by atoms with Crippen LogP contribution in [0.15, 0.2) is 24.3 Å². The Morgan fingerprint density at radius 3 is 2.62 bits per heavy atom. The molecule has 0 heterocycles. The smallest absolute Gasteiger partial charge is 0.337 e. The lowest BCUT2D eigenvalue weighted by Gasteiger charge is -2.30. The minimum absolute atomic E-state index is 0. The number of halogens is 1. The predicted octanol–water partition coefficient (Wildman–Crippen LogP) is 2.84. The van der Waals surface area contributed by atoms with Crippen LogP contribution in [-0.4, -0.2) is 24.3 Å². The number of carbonyl (C=O) groups excluding carboxylic acids is 1. The summed E-state index contributed by atoms with van der Waals surface area (Å²) in [5, 5.41) is 10.4. The van der Waals surface area contributed by atoms with Crippen molar-refractivity contribution < 1.29 is 14.6 Å². The monoisotopic (exact) mass is 313 g/mol. The van der Waals surface area contributed by atoms with Gasteiger partial charge in [0, 0.05) is 0 Å². The zero-order valence-electron chi connectivity index (χ0n) is 12.3. The van der Waals surface area contributed by atoms with Crippen molar-refractivity contribution in [2.45, 2.75) is 44.2 Å². The summed E-state index contributed by atoms with van der Waals surface area (Å²) >= 11 is 0. The van der Waals surface area contributed by atoms with Crippen molar-refractivity contribution in [3.05, 3.63) is 35.4 Å². The first-order valence-corrected chi connectivity index (χ1v) is 7.25. The van der Waals surface area contributed by atoms with E-state index in [-0.39, 0.29) is 24.3 Å². The summed E-state index contributed by atoms with van der Waals surface area (Å²) in [6.45, 7) is 0. The van der Waals surface area contributed by atoms with Crippen LogP contribution < -0.4 is 5.73 Å². The second-order valence-corrected chi connectivity index (χ2v) is 5.53. The molecule has 0 spiro atoms. The number of carbonyl (C=O) groups is 1. The largest absolute Gasteiger partial charge is 0.465 e. The van der Waals surface area contributed by atoms with Gasteiger partial charge in [-0.1, -0.05) is 31.4 Å². The fourth-order valence-corrected chi connectivity index (χ4v) is 2.96. The molecule has 1 aromatic rings. The van der Waals surface area contributed by atoms with Gasteiger partial charge >= 0.3 is 5.97 Å². The molecular weight excluding hydrogens is 290 g/mol. The third-order valence-corrected chi connectivity index (χ3v) is 4.19. The Hall–Kier alpha value is -1.10. The second kappa shape index (κ2) is 8.37. The highest BCUT2D eigenvalue weighted by Crippen LogP contribution is 2.31. The lowest BCUT2D eigenvalue weighted by atomic mass is 9.81. The van der Waals surface area contributed by atoms with Crippen LogP contribution in [0.3, 0.4) is 0 Å². The summed E-state index contributed by atoms with van der Waals surface area (Å²) in [5.41, 5.74) is 7.43. The Bertz CT molecular complexity index is 461. The first-order chi connectivity index (χ1) is 9.63. The van der Waals surface area contributed by atoms with Crippen LogP contribution in [0.5, 0.6) is 0 Å². The van der Waals surface area contributed by atoms with E-state index in [1.165, 1.54) is 13.5 Å². The molecule has 0 radical (unpaired) electrons. The molecule has 0 saturated heterocycles. The van der Waals surface area contributed by atoms with Crippen molar-refractivity contribution in [1.82, 2.24) is 0 Å². The quantitative estimate of drug-likeness (QED) is 0.838. The van der Waals surface area contributed by atoms with Crippen LogP contribution in [0.2, 0.25) is 0 Å². The molecule has 0 aliphatic heterocycles. The highest BCUT2D eigenvalue weighted by molar-refractivity contribution is 5.89. The lowest BCUT2D eigenvalue weighted by molar-refractivity contribution is 0.0590. The average Bonchev–Trinajstić information content (AvgIpc) is 2.53. The molecule has 1 fully saturated rings. The van der Waals surface area contributed by atoms with Gasteiger partial charge in [0.05, 0.1) is 24.8 Å². The van der Waals surface area contributed by atoms with E-state index in [9.17, 15) is 9.90 Å². The van der Waals surface area contributed by atoms with Crippen molar-refractivity contribution in [3.63, 3.8) is 0 Å². The van der Waals surface area contributed by atoms with Gasteiger partial charge < -0.3 is 15.6 Å². The van der Waals surface area contributed by atoms with E-state index >= 15 is 0 Å². The number of aliphatic hydroxyl groups is 1. The summed E-state index contributed by atoms with van der Waals surface area (Å²) in [7, 11) is 1.35. The molecule has 5 heteroatoms. The Morgan fingerprint density at radius 1 is 1.33 bits per heavy atom. The van der Waals surface area contributed by atoms with Crippen molar-refractivity contribution in [1.29, 1.82) is 0 Å². The maximum atomic E-state index is 11.5. The standard InChI is InChI=1S/C16H23NO3.ClH/c1-20-16(19)13-9-5-8-12(10-13)14(17)15(18)11-6-3-2-4-7-11;/h5,8-11,14-15,18H,2-4,6-7,17H2,1H3;1H/t14-,15+;/m1./s1. The number of hydrogen-bond donors (Lipinski definition) is 2. The first kappa shape index (κ1) is 18.0. The molecule has 1 aliphatic carbocycles. The minimum Gasteiger partial charge on any atom is -0.465 e. The van der Waals surface area contributed by atoms with E-state index in [4.69, 9.17) is 10.5 Å². The Balaban J connectivity index is 0.00000220. The van der Waals surface area contributed by atoms with Gasteiger partial charge in [0.2, 0.25) is 0 Å². The maximum Gasteiger partial charge on any atom is 0.337 e. The number of benzene rings is 1. The molecule has 0 aromatic heterocycles. The van der Waals surface area contributed by atoms with Gasteiger partial charge in [0.15, 0.2) is 0 Å². The highest BCUT2D eigenvalue weighted by Gasteiger charge is 2.27. The molecular formula is C16H24ClNO3. The van der Waals surface area contributed by atoms with Gasteiger partial charge in [0.25, 0.3) is 0 Å². The van der Waals surface area contributed by atoms with Crippen LogP contribution in [0, 0.1) is 5.92 Å². The van der Waals surface area contributed by atoms with Crippen molar-refractivity contribution in [3.8, 4) is 0 Å². The normalized spacial score (nSPS) is 18.4. The molecule has 21 heavy (non-hydrogen) atoms. The highest BCUT2D eigenvalue weighted by atomic mass is 35.5. The van der Waals surface area contributed by atoms with Crippen LogP contribution >= 0.6 is 12.4 Å². The summed E-state index contributed by atoms with van der Waals surface area (Å²) in [6, 6.07) is 6.57. The number of aliphatic hydroxyl groups excluding tert-OH is 1. The molecule has 0 amide bonds. The number of ether oxygens (including phenoxy) is 1. The van der Waals surface area contributed by atoms with Gasteiger partial charge in [-0.25, -0.2) is 4.79 Å². The molecule has 1 aromatic carbocycles. The van der Waals surface area contributed by atoms with E-state index in [1.54, 1.807) is 18.2 Å². The average molecular weight is 314 g/mol. The fourth-order valence-electron chi connectivity index (χ4n) is 2.96. The van der Waals surface area contributed by atoms with Crippen LogP contribution in [0.1, 0.15) is 54.1 Å². The third-order valence-electron chi connectivity index (χ3n) is 4.19. The van der Waals surface area contributed by atoms with Gasteiger partial charge in [-0.15, -0.1) is 12.4 Å². The zero-order valence-corrected chi connectivity index (χ0v) is 13.1. The molecule has 4 nitrogen and oxygen atoms in total. The molecule has 0 bridgehead atoms. The van der Waals surface area contributed by atoms with E-state index < -0.39 is 12.1 Å². The topological polar surface area (TPSA) is 72.5 Å². The summed E-state index contributed by atoms with van der Waals surface area (Å²) in [6.07, 6.45) is 5.09. The summed E-state index contributed by atoms with van der Waals surface area (Å²) < 4.78 is 4.71. The Labute approximate surface area is 132 Å². The summed E-state index contributed by atoms with van der Waals surface area (Å²) in [5.74, 6) is -0.119. The first-order valence-electron chi connectivity index (χ1n) is 7.25. The zero-order chi connectivity index (χ0) is 14.5. The maximum absolute atomic E-state index is 11.5. The van der Waals surface area contributed by atoms with Gasteiger partial charge in [-0.2, -0.15) is 0 Å².